The topological polar surface area (TPSA) is 37.8 Å². The van der Waals surface area contributed by atoms with Crippen LogP contribution in [0, 0.1) is 12.7 Å². The third-order valence-corrected chi connectivity index (χ3v) is 3.37. The average Bonchev–Trinajstić information content (AvgIpc) is 2.78. The molecule has 1 N–H and O–H groups in total. The molecule has 0 fully saturated rings. The fourth-order valence-corrected chi connectivity index (χ4v) is 2.31. The fraction of sp³-hybridized carbons (Fsp3) is 0.333. The van der Waals surface area contributed by atoms with Gasteiger partial charge in [-0.25, -0.2) is 4.39 Å². The Kier molecular flexibility index (Phi) is 3.81. The summed E-state index contributed by atoms with van der Waals surface area (Å²) < 4.78 is 13.9. The zero-order valence-electron chi connectivity index (χ0n) is 9.83. The molecule has 3 nitrogen and oxygen atoms in total. The third kappa shape index (κ3) is 2.68. The number of hydrogen-bond acceptors (Lipinski definition) is 4. The highest BCUT2D eigenvalue weighted by atomic mass is 32.1. The second-order valence-corrected chi connectivity index (χ2v) is 4.78. The Labute approximate surface area is 104 Å². The van der Waals surface area contributed by atoms with Crippen molar-refractivity contribution in [3.8, 4) is 10.6 Å². The van der Waals surface area contributed by atoms with Gasteiger partial charge in [0, 0.05) is 12.1 Å². The lowest BCUT2D eigenvalue weighted by Gasteiger charge is -2.00. The summed E-state index contributed by atoms with van der Waals surface area (Å²) in [5.41, 5.74) is 1.16. The van der Waals surface area contributed by atoms with Crippen LogP contribution in [0.2, 0.25) is 0 Å². The van der Waals surface area contributed by atoms with Gasteiger partial charge in [0.15, 0.2) is 5.01 Å². The Morgan fingerprint density at radius 3 is 2.94 bits per heavy atom. The van der Waals surface area contributed by atoms with Gasteiger partial charge in [-0.3, -0.25) is 0 Å². The van der Waals surface area contributed by atoms with Crippen LogP contribution in [0.5, 0.6) is 0 Å². The third-order valence-electron chi connectivity index (χ3n) is 2.42. The zero-order valence-corrected chi connectivity index (χ0v) is 10.6. The summed E-state index contributed by atoms with van der Waals surface area (Å²) in [5.74, 6) is -0.210. The molecule has 0 spiro atoms. The number of aromatic nitrogens is 2. The van der Waals surface area contributed by atoms with Gasteiger partial charge >= 0.3 is 0 Å². The first kappa shape index (κ1) is 12.1. The van der Waals surface area contributed by atoms with E-state index < -0.39 is 0 Å². The van der Waals surface area contributed by atoms with Crippen molar-refractivity contribution in [2.45, 2.75) is 20.4 Å². The molecule has 5 heteroatoms. The van der Waals surface area contributed by atoms with E-state index in [0.29, 0.717) is 22.7 Å². The van der Waals surface area contributed by atoms with Gasteiger partial charge in [-0.1, -0.05) is 30.4 Å². The molecule has 0 aliphatic carbocycles. The molecule has 90 valence electrons. The van der Waals surface area contributed by atoms with E-state index in [9.17, 15) is 4.39 Å². The molecule has 2 aromatic rings. The van der Waals surface area contributed by atoms with E-state index in [1.807, 2.05) is 13.0 Å². The number of halogens is 1. The van der Waals surface area contributed by atoms with E-state index in [2.05, 4.69) is 15.5 Å². The van der Waals surface area contributed by atoms with E-state index in [1.54, 1.807) is 19.1 Å². The van der Waals surface area contributed by atoms with Crippen molar-refractivity contribution >= 4 is 11.3 Å². The molecule has 0 atom stereocenters. The van der Waals surface area contributed by atoms with Crippen LogP contribution in [0.3, 0.4) is 0 Å². The first-order valence-electron chi connectivity index (χ1n) is 5.51. The standard InChI is InChI=1S/C12H14FN3S/c1-3-14-7-10-15-16-12(17-10)9-6-4-5-8(2)11(9)13/h4-6,14H,3,7H2,1-2H3. The second kappa shape index (κ2) is 5.33. The molecule has 0 aliphatic heterocycles. The molecular weight excluding hydrogens is 237 g/mol. The Bertz CT molecular complexity index is 510. The molecule has 0 radical (unpaired) electrons. The number of benzene rings is 1. The Balaban J connectivity index is 2.27. The Hall–Kier alpha value is -1.33. The maximum absolute atomic E-state index is 13.9. The second-order valence-electron chi connectivity index (χ2n) is 3.72. The predicted molar refractivity (Wildman–Crippen MR) is 67.4 cm³/mol. The van der Waals surface area contributed by atoms with Gasteiger partial charge in [-0.2, -0.15) is 0 Å². The summed E-state index contributed by atoms with van der Waals surface area (Å²) in [6.07, 6.45) is 0. The Morgan fingerprint density at radius 1 is 1.35 bits per heavy atom. The van der Waals surface area contributed by atoms with Crippen molar-refractivity contribution < 1.29 is 4.39 Å². The highest BCUT2D eigenvalue weighted by Crippen LogP contribution is 2.27. The van der Waals surface area contributed by atoms with Crippen molar-refractivity contribution in [1.29, 1.82) is 0 Å². The van der Waals surface area contributed by atoms with Crippen molar-refractivity contribution in [3.63, 3.8) is 0 Å². The quantitative estimate of drug-likeness (QED) is 0.908. The normalized spacial score (nSPS) is 10.8. The van der Waals surface area contributed by atoms with Gasteiger partial charge in [0.1, 0.15) is 10.8 Å². The van der Waals surface area contributed by atoms with Gasteiger partial charge in [-0.05, 0) is 25.1 Å². The van der Waals surface area contributed by atoms with Crippen LogP contribution in [0.25, 0.3) is 10.6 Å². The number of hydrogen-bond donors (Lipinski definition) is 1. The maximum Gasteiger partial charge on any atom is 0.150 e. The first-order chi connectivity index (χ1) is 8.22. The highest BCUT2D eigenvalue weighted by Gasteiger charge is 2.12. The molecule has 1 aromatic heterocycles. The van der Waals surface area contributed by atoms with Gasteiger partial charge < -0.3 is 5.32 Å². The molecule has 1 heterocycles. The predicted octanol–water partition coefficient (Wildman–Crippen LogP) is 2.76. The Morgan fingerprint density at radius 2 is 2.18 bits per heavy atom. The lowest BCUT2D eigenvalue weighted by atomic mass is 10.1. The molecular formula is C12H14FN3S. The fourth-order valence-electron chi connectivity index (χ4n) is 1.48. The van der Waals surface area contributed by atoms with E-state index in [-0.39, 0.29) is 5.82 Å². The monoisotopic (exact) mass is 251 g/mol. The lowest BCUT2D eigenvalue weighted by Crippen LogP contribution is -2.11. The highest BCUT2D eigenvalue weighted by molar-refractivity contribution is 7.14. The minimum Gasteiger partial charge on any atom is -0.311 e. The van der Waals surface area contributed by atoms with Gasteiger partial charge in [0.25, 0.3) is 0 Å². The molecule has 17 heavy (non-hydrogen) atoms. The summed E-state index contributed by atoms with van der Waals surface area (Å²) in [4.78, 5) is 0. The molecule has 0 bridgehead atoms. The van der Waals surface area contributed by atoms with E-state index in [1.165, 1.54) is 11.3 Å². The van der Waals surface area contributed by atoms with Crippen LogP contribution < -0.4 is 5.32 Å². The smallest absolute Gasteiger partial charge is 0.150 e. The van der Waals surface area contributed by atoms with Crippen LogP contribution in [0.4, 0.5) is 4.39 Å². The maximum atomic E-state index is 13.9. The molecule has 0 amide bonds. The zero-order chi connectivity index (χ0) is 12.3. The van der Waals surface area contributed by atoms with Crippen LogP contribution in [-0.2, 0) is 6.54 Å². The van der Waals surface area contributed by atoms with Gasteiger partial charge in [0.2, 0.25) is 0 Å². The first-order valence-corrected chi connectivity index (χ1v) is 6.32. The van der Waals surface area contributed by atoms with Crippen molar-refractivity contribution in [1.82, 2.24) is 15.5 Å². The van der Waals surface area contributed by atoms with Crippen LogP contribution in [0.15, 0.2) is 18.2 Å². The van der Waals surface area contributed by atoms with Gasteiger partial charge in [-0.15, -0.1) is 10.2 Å². The summed E-state index contributed by atoms with van der Waals surface area (Å²) >= 11 is 1.42. The van der Waals surface area contributed by atoms with E-state index in [4.69, 9.17) is 0 Å². The van der Waals surface area contributed by atoms with Crippen molar-refractivity contribution in [3.05, 3.63) is 34.6 Å². The minimum atomic E-state index is -0.210. The molecule has 0 unspecified atom stereocenters. The van der Waals surface area contributed by atoms with Crippen LogP contribution >= 0.6 is 11.3 Å². The number of rotatable bonds is 4. The molecule has 0 saturated heterocycles. The average molecular weight is 251 g/mol. The van der Waals surface area contributed by atoms with Gasteiger partial charge in [0.05, 0.1) is 0 Å². The van der Waals surface area contributed by atoms with Crippen LogP contribution in [0.1, 0.15) is 17.5 Å². The number of nitrogens with one attached hydrogen (secondary N) is 1. The summed E-state index contributed by atoms with van der Waals surface area (Å²) in [7, 11) is 0. The molecule has 2 rings (SSSR count). The molecule has 0 aliphatic rings. The van der Waals surface area contributed by atoms with Crippen LogP contribution in [-0.4, -0.2) is 16.7 Å². The number of nitrogens with zero attached hydrogens (tertiary/aromatic N) is 2. The summed E-state index contributed by atoms with van der Waals surface area (Å²) in [6.45, 7) is 5.34. The minimum absolute atomic E-state index is 0.210. The lowest BCUT2D eigenvalue weighted by molar-refractivity contribution is 0.621. The number of aryl methyl sites for hydroxylation is 1. The van der Waals surface area contributed by atoms with Crippen molar-refractivity contribution in [2.24, 2.45) is 0 Å². The van der Waals surface area contributed by atoms with E-state index in [0.717, 1.165) is 11.6 Å². The SMILES string of the molecule is CCNCc1nnc(-c2cccc(C)c2F)s1. The summed E-state index contributed by atoms with van der Waals surface area (Å²) in [6, 6.07) is 5.32. The van der Waals surface area contributed by atoms with Crippen molar-refractivity contribution in [2.75, 3.05) is 6.54 Å². The summed E-state index contributed by atoms with van der Waals surface area (Å²) in [5, 5.41) is 12.8. The van der Waals surface area contributed by atoms with E-state index >= 15 is 0 Å². The largest absolute Gasteiger partial charge is 0.311 e. The molecule has 0 saturated carbocycles. The molecule has 1 aromatic carbocycles.